The molecule has 0 atom stereocenters. The molecule has 0 aliphatic heterocycles. The first kappa shape index (κ1) is 51.5. The number of nitrogens with zero attached hydrogens (tertiary/aromatic N) is 1. The zero-order valence-corrected chi connectivity index (χ0v) is 34.9. The summed E-state index contributed by atoms with van der Waals surface area (Å²) < 4.78 is 12.5. The van der Waals surface area contributed by atoms with Gasteiger partial charge in [0.1, 0.15) is 0 Å². The van der Waals surface area contributed by atoms with Gasteiger partial charge >= 0.3 is 0 Å². The Bertz CT molecular complexity index is 571. The van der Waals surface area contributed by atoms with E-state index in [4.69, 9.17) is 19.4 Å². The Morgan fingerprint density at radius 1 is 0.420 bits per heavy atom. The van der Waals surface area contributed by atoms with E-state index in [-0.39, 0.29) is 12.8 Å². The van der Waals surface area contributed by atoms with Crippen molar-refractivity contribution in [3.63, 3.8) is 0 Å². The molecule has 302 valence electrons. The highest BCUT2D eigenvalue weighted by molar-refractivity contribution is 5.32. The van der Waals surface area contributed by atoms with E-state index in [1.807, 2.05) is 0 Å². The van der Waals surface area contributed by atoms with Crippen LogP contribution in [0.5, 0.6) is 0 Å². The largest absolute Gasteiger partial charge is 0.483 e. The fourth-order valence-corrected chi connectivity index (χ4v) is 6.90. The highest BCUT2D eigenvalue weighted by Crippen LogP contribution is 2.16. The second-order valence-electron chi connectivity index (χ2n) is 15.1. The van der Waals surface area contributed by atoms with Gasteiger partial charge in [-0.25, -0.2) is 0 Å². The van der Waals surface area contributed by atoms with Crippen LogP contribution in [0.4, 0.5) is 0 Å². The van der Waals surface area contributed by atoms with Crippen LogP contribution in [0, 0.1) is 0 Å². The Kier molecular flexibility index (Phi) is 49.8. The summed E-state index contributed by atoms with van der Waals surface area (Å²) in [6.45, 7) is 14.6. The van der Waals surface area contributed by atoms with Crippen LogP contribution in [0.25, 0.3) is 0 Å². The molecule has 0 aliphatic carbocycles. The molecule has 0 radical (unpaired) electrons. The fourth-order valence-electron chi connectivity index (χ4n) is 6.90. The van der Waals surface area contributed by atoms with Gasteiger partial charge in [0.25, 0.3) is 6.47 Å². The third-order valence-electron chi connectivity index (χ3n) is 10.3. The summed E-state index contributed by atoms with van der Waals surface area (Å²) in [6.07, 6.45) is 46.8. The highest BCUT2D eigenvalue weighted by Gasteiger charge is 2.10. The highest BCUT2D eigenvalue weighted by atomic mass is 16.7. The first-order valence-electron chi connectivity index (χ1n) is 22.7. The van der Waals surface area contributed by atoms with E-state index >= 15 is 0 Å². The van der Waals surface area contributed by atoms with Crippen molar-refractivity contribution in [1.29, 1.82) is 0 Å². The predicted octanol–water partition coefficient (Wildman–Crippen LogP) is 14.7. The summed E-state index contributed by atoms with van der Waals surface area (Å²) in [6, 6.07) is 0. The van der Waals surface area contributed by atoms with E-state index in [0.29, 0.717) is 0 Å². The van der Waals surface area contributed by atoms with Crippen LogP contribution in [0.15, 0.2) is 0 Å². The number of rotatable bonds is 42. The van der Waals surface area contributed by atoms with Crippen LogP contribution in [0.1, 0.15) is 246 Å². The second kappa shape index (κ2) is 48.3. The van der Waals surface area contributed by atoms with Gasteiger partial charge in [-0.05, 0) is 58.2 Å². The SMILES string of the molecule is CCCCCCCCCCCCCCCCN(CC)CCCCCCCCCC(OCCCCCCCC)OCCCCCCCC.O=CO. The Morgan fingerprint density at radius 3 is 0.980 bits per heavy atom. The molecule has 0 heterocycles. The lowest BCUT2D eigenvalue weighted by Crippen LogP contribution is -2.25. The Morgan fingerprint density at radius 2 is 0.680 bits per heavy atom. The van der Waals surface area contributed by atoms with E-state index in [1.54, 1.807) is 0 Å². The molecule has 0 aromatic rings. The van der Waals surface area contributed by atoms with Gasteiger partial charge in [0.05, 0.1) is 0 Å². The maximum absolute atomic E-state index is 8.36. The maximum Gasteiger partial charge on any atom is 0.290 e. The van der Waals surface area contributed by atoms with E-state index in [1.165, 1.54) is 232 Å². The number of unbranched alkanes of at least 4 members (excludes halogenated alkanes) is 29. The average molecular weight is 712 g/mol. The quantitative estimate of drug-likeness (QED) is 0.0388. The smallest absolute Gasteiger partial charge is 0.290 e. The molecule has 0 bridgehead atoms. The average Bonchev–Trinajstić information content (AvgIpc) is 3.12. The van der Waals surface area contributed by atoms with Gasteiger partial charge in [0.2, 0.25) is 0 Å². The number of carboxylic acid groups (broad SMARTS) is 1. The molecule has 0 amide bonds. The summed E-state index contributed by atoms with van der Waals surface area (Å²) in [4.78, 5) is 11.1. The third-order valence-corrected chi connectivity index (χ3v) is 10.3. The lowest BCUT2D eigenvalue weighted by atomic mass is 10.0. The van der Waals surface area contributed by atoms with Crippen molar-refractivity contribution >= 4 is 6.47 Å². The van der Waals surface area contributed by atoms with E-state index in [2.05, 4.69) is 32.6 Å². The molecule has 0 fully saturated rings. The monoisotopic (exact) mass is 712 g/mol. The molecule has 1 N–H and O–H groups in total. The zero-order valence-electron chi connectivity index (χ0n) is 34.9. The molecule has 5 heteroatoms. The predicted molar refractivity (Wildman–Crippen MR) is 220 cm³/mol. The molecule has 0 saturated carbocycles. The minimum absolute atomic E-state index is 0.0287. The van der Waals surface area contributed by atoms with Crippen molar-refractivity contribution < 1.29 is 19.4 Å². The lowest BCUT2D eigenvalue weighted by Gasteiger charge is -2.20. The minimum atomic E-state index is -0.250. The molecule has 0 spiro atoms. The van der Waals surface area contributed by atoms with Crippen LogP contribution in [-0.2, 0) is 14.3 Å². The van der Waals surface area contributed by atoms with Gasteiger partial charge in [0.15, 0.2) is 6.29 Å². The standard InChI is InChI=1S/C44H91NO2.CH2O2/c1-5-9-12-15-18-19-20-21-22-23-24-27-30-35-40-45(8-4)41-36-31-28-25-26-29-34-39-44(46-42-37-32-16-13-10-6-2)47-43-38-33-17-14-11-7-3;2-1-3/h44H,5-43H2,1-4H3;1H,(H,2,3). The summed E-state index contributed by atoms with van der Waals surface area (Å²) in [7, 11) is 0. The number of hydrogen-bond acceptors (Lipinski definition) is 4. The second-order valence-corrected chi connectivity index (χ2v) is 15.1. The van der Waals surface area contributed by atoms with Gasteiger partial charge < -0.3 is 19.5 Å². The fraction of sp³-hybridized carbons (Fsp3) is 0.978. The summed E-state index contributed by atoms with van der Waals surface area (Å²) in [5.41, 5.74) is 0. The van der Waals surface area contributed by atoms with Crippen molar-refractivity contribution in [1.82, 2.24) is 4.90 Å². The molecular weight excluding hydrogens is 618 g/mol. The molecule has 0 aromatic heterocycles. The van der Waals surface area contributed by atoms with Crippen molar-refractivity contribution in [2.45, 2.75) is 252 Å². The molecule has 0 unspecified atom stereocenters. The van der Waals surface area contributed by atoms with Crippen molar-refractivity contribution in [2.24, 2.45) is 0 Å². The molecule has 5 nitrogen and oxygen atoms in total. The van der Waals surface area contributed by atoms with Crippen LogP contribution >= 0.6 is 0 Å². The number of ether oxygens (including phenoxy) is 2. The summed E-state index contributed by atoms with van der Waals surface area (Å²) in [5.74, 6) is 0. The van der Waals surface area contributed by atoms with Gasteiger partial charge in [0, 0.05) is 13.2 Å². The topological polar surface area (TPSA) is 59.0 Å². The van der Waals surface area contributed by atoms with Gasteiger partial charge in [-0.1, -0.05) is 207 Å². The van der Waals surface area contributed by atoms with Crippen molar-refractivity contribution in [3.8, 4) is 0 Å². The number of hydrogen-bond donors (Lipinski definition) is 1. The minimum Gasteiger partial charge on any atom is -0.483 e. The zero-order chi connectivity index (χ0) is 36.9. The Labute approximate surface area is 315 Å². The molecular formula is C45H93NO4. The molecule has 50 heavy (non-hydrogen) atoms. The lowest BCUT2D eigenvalue weighted by molar-refractivity contribution is -0.148. The van der Waals surface area contributed by atoms with Crippen molar-refractivity contribution in [3.05, 3.63) is 0 Å². The van der Waals surface area contributed by atoms with Crippen LogP contribution in [0.3, 0.4) is 0 Å². The maximum atomic E-state index is 8.36. The van der Waals surface area contributed by atoms with Gasteiger partial charge in [-0.15, -0.1) is 0 Å². The van der Waals surface area contributed by atoms with Crippen LogP contribution in [-0.4, -0.2) is 55.6 Å². The van der Waals surface area contributed by atoms with Gasteiger partial charge in [-0.2, -0.15) is 0 Å². The molecule has 0 aromatic carbocycles. The summed E-state index contributed by atoms with van der Waals surface area (Å²) >= 11 is 0. The first-order valence-corrected chi connectivity index (χ1v) is 22.7. The first-order chi connectivity index (χ1) is 24.7. The molecule has 0 saturated heterocycles. The normalized spacial score (nSPS) is 11.4. The van der Waals surface area contributed by atoms with Crippen LogP contribution < -0.4 is 0 Å². The molecule has 0 rings (SSSR count). The van der Waals surface area contributed by atoms with E-state index in [0.717, 1.165) is 19.6 Å². The third kappa shape index (κ3) is 45.4. The van der Waals surface area contributed by atoms with E-state index < -0.39 is 0 Å². The molecule has 0 aliphatic rings. The van der Waals surface area contributed by atoms with E-state index in [9.17, 15) is 0 Å². The van der Waals surface area contributed by atoms with Crippen molar-refractivity contribution in [2.75, 3.05) is 32.8 Å². The Hall–Kier alpha value is -0.650. The van der Waals surface area contributed by atoms with Gasteiger partial charge in [-0.3, -0.25) is 4.79 Å². The number of carbonyl (C=O) groups is 1. The summed E-state index contributed by atoms with van der Waals surface area (Å²) in [5, 5.41) is 6.89. The van der Waals surface area contributed by atoms with Crippen LogP contribution in [0.2, 0.25) is 0 Å². The Balaban J connectivity index is 0.